The summed E-state index contributed by atoms with van der Waals surface area (Å²) in [6, 6.07) is 18.4. The third kappa shape index (κ3) is 8.40. The average molecular weight is 647 g/mol. The number of nitrogens with one attached hydrogen (secondary N) is 1. The number of phenolic OH excluding ortho intramolecular Hbond substituents is 1. The minimum absolute atomic E-state index is 0. The molecule has 0 bridgehead atoms. The number of hydrogen-bond acceptors (Lipinski definition) is 7. The van der Waals surface area contributed by atoms with E-state index in [1.165, 1.54) is 18.4 Å². The second-order valence-corrected chi connectivity index (χ2v) is 11.6. The molecular weight excluding hydrogens is 609 g/mol. The van der Waals surface area contributed by atoms with Crippen LogP contribution in [0.4, 0.5) is 5.69 Å². The zero-order valence-corrected chi connectivity index (χ0v) is 26.3. The fraction of sp³-hybridized carbons (Fsp3) is 0.312. The van der Waals surface area contributed by atoms with Crippen molar-refractivity contribution in [1.29, 1.82) is 0 Å². The van der Waals surface area contributed by atoms with E-state index in [0.29, 0.717) is 12.1 Å². The number of aliphatic carboxylic acids is 1. The predicted octanol–water partition coefficient (Wildman–Crippen LogP) is 6.44. The molecule has 1 aliphatic heterocycles. The van der Waals surface area contributed by atoms with E-state index in [-0.39, 0.29) is 49.3 Å². The van der Waals surface area contributed by atoms with E-state index < -0.39 is 12.0 Å². The Morgan fingerprint density at radius 3 is 2.56 bits per heavy atom. The number of carbonyl (C=O) groups is 2. The van der Waals surface area contributed by atoms with Crippen molar-refractivity contribution >= 4 is 63.8 Å². The molecule has 0 unspecified atom stereocenters. The van der Waals surface area contributed by atoms with Crippen molar-refractivity contribution in [1.82, 2.24) is 4.90 Å². The Hall–Kier alpha value is -3.34. The third-order valence-electron chi connectivity index (χ3n) is 7.51. The summed E-state index contributed by atoms with van der Waals surface area (Å²) in [5, 5.41) is 23.1. The number of methoxy groups -OCH3 is 1. The molecule has 2 heterocycles. The maximum absolute atomic E-state index is 12.5. The number of rotatable bonds is 11. The standard InChI is InChI=1S/C32H35N3O5S.2ClH/c1-40-28-16-20(7-8-22(28)19-35-13-2-3-14-35)15-26-25-10-9-24(36)18-29(25)41-31(26)21-5-4-6-23(17-21)34-30(37)12-11-27(33)32(38)39;;/h4-10,16-18,27,36H,2-3,11-15,19,33H2,1H3,(H,34,37)(H,38,39);2*1H/t27-;;/m0../s1. The summed E-state index contributed by atoms with van der Waals surface area (Å²) in [4.78, 5) is 27.0. The first kappa shape index (κ1) is 34.2. The molecule has 230 valence electrons. The normalized spacial score (nSPS) is 13.6. The van der Waals surface area contributed by atoms with Gasteiger partial charge in [0.15, 0.2) is 0 Å². The number of phenols is 1. The number of halogens is 2. The SMILES string of the molecule is COc1cc(Cc2c(-c3cccc(NC(=O)CC[C@H](N)C(=O)O)c3)sc3cc(O)ccc23)ccc1CN1CCCC1.Cl.Cl. The van der Waals surface area contributed by atoms with Gasteiger partial charge in [0.05, 0.1) is 7.11 Å². The van der Waals surface area contributed by atoms with E-state index >= 15 is 0 Å². The lowest BCUT2D eigenvalue weighted by Gasteiger charge is -2.18. The lowest BCUT2D eigenvalue weighted by molar-refractivity contribution is -0.138. The van der Waals surface area contributed by atoms with Crippen LogP contribution in [0.15, 0.2) is 60.7 Å². The lowest BCUT2D eigenvalue weighted by atomic mass is 9.97. The quantitative estimate of drug-likeness (QED) is 0.148. The molecule has 1 atom stereocenters. The molecule has 0 spiro atoms. The van der Waals surface area contributed by atoms with Crippen LogP contribution in [0.5, 0.6) is 11.5 Å². The van der Waals surface area contributed by atoms with Gasteiger partial charge in [-0.2, -0.15) is 0 Å². The molecular formula is C32H37Cl2N3O5S. The molecule has 4 aromatic rings. The molecule has 11 heteroatoms. The Morgan fingerprint density at radius 2 is 1.84 bits per heavy atom. The van der Waals surface area contributed by atoms with Crippen LogP contribution in [0.2, 0.25) is 0 Å². The van der Waals surface area contributed by atoms with Crippen LogP contribution in [0.3, 0.4) is 0 Å². The minimum Gasteiger partial charge on any atom is -0.508 e. The van der Waals surface area contributed by atoms with Gasteiger partial charge in [0, 0.05) is 33.8 Å². The van der Waals surface area contributed by atoms with Gasteiger partial charge in [0.1, 0.15) is 17.5 Å². The molecule has 5 N–H and O–H groups in total. The van der Waals surface area contributed by atoms with Gasteiger partial charge in [0.25, 0.3) is 0 Å². The van der Waals surface area contributed by atoms with E-state index in [0.717, 1.165) is 57.0 Å². The van der Waals surface area contributed by atoms with Gasteiger partial charge in [-0.1, -0.05) is 24.3 Å². The highest BCUT2D eigenvalue weighted by Gasteiger charge is 2.19. The van der Waals surface area contributed by atoms with Gasteiger partial charge < -0.3 is 26.0 Å². The van der Waals surface area contributed by atoms with Crippen LogP contribution in [0.25, 0.3) is 20.5 Å². The Labute approximate surface area is 267 Å². The summed E-state index contributed by atoms with van der Waals surface area (Å²) in [5.74, 6) is -0.311. The Kier molecular flexibility index (Phi) is 12.2. The van der Waals surface area contributed by atoms with Crippen molar-refractivity contribution in [3.8, 4) is 21.9 Å². The minimum atomic E-state index is -1.12. The van der Waals surface area contributed by atoms with Gasteiger partial charge in [-0.15, -0.1) is 36.2 Å². The van der Waals surface area contributed by atoms with Crippen LogP contribution in [0.1, 0.15) is 42.4 Å². The average Bonchev–Trinajstić information content (AvgIpc) is 3.60. The van der Waals surface area contributed by atoms with Gasteiger partial charge in [-0.3, -0.25) is 14.5 Å². The Balaban J connectivity index is 0.00000253. The Bertz CT molecular complexity index is 1570. The van der Waals surface area contributed by atoms with Crippen molar-refractivity contribution in [2.45, 2.75) is 44.7 Å². The van der Waals surface area contributed by atoms with Crippen LogP contribution >= 0.6 is 36.2 Å². The van der Waals surface area contributed by atoms with Gasteiger partial charge in [0.2, 0.25) is 5.91 Å². The fourth-order valence-corrected chi connectivity index (χ4v) is 6.59. The number of aromatic hydroxyl groups is 1. The molecule has 5 rings (SSSR count). The molecule has 1 aliphatic rings. The van der Waals surface area contributed by atoms with E-state index in [2.05, 4.69) is 28.4 Å². The van der Waals surface area contributed by atoms with Gasteiger partial charge in [-0.05, 0) is 97.2 Å². The van der Waals surface area contributed by atoms with Gasteiger partial charge >= 0.3 is 5.97 Å². The number of likely N-dealkylation sites (tertiary alicyclic amines) is 1. The first-order chi connectivity index (χ1) is 19.8. The fourth-order valence-electron chi connectivity index (χ4n) is 5.33. The number of anilines is 1. The molecule has 1 fully saturated rings. The summed E-state index contributed by atoms with van der Waals surface area (Å²) < 4.78 is 6.77. The van der Waals surface area contributed by atoms with E-state index in [4.69, 9.17) is 15.6 Å². The van der Waals surface area contributed by atoms with Gasteiger partial charge in [-0.25, -0.2) is 0 Å². The summed E-state index contributed by atoms with van der Waals surface area (Å²) in [6.45, 7) is 3.13. The topological polar surface area (TPSA) is 125 Å². The molecule has 1 saturated heterocycles. The Morgan fingerprint density at radius 1 is 1.07 bits per heavy atom. The largest absolute Gasteiger partial charge is 0.508 e. The zero-order chi connectivity index (χ0) is 28.9. The number of fused-ring (bicyclic) bond motifs is 1. The highest BCUT2D eigenvalue weighted by atomic mass is 35.5. The lowest BCUT2D eigenvalue weighted by Crippen LogP contribution is -2.31. The molecule has 1 amide bonds. The monoisotopic (exact) mass is 645 g/mol. The zero-order valence-electron chi connectivity index (χ0n) is 23.9. The number of carbonyl (C=O) groups excluding carboxylic acids is 1. The highest BCUT2D eigenvalue weighted by Crippen LogP contribution is 2.42. The number of thiophene rings is 1. The van der Waals surface area contributed by atoms with E-state index in [9.17, 15) is 14.7 Å². The van der Waals surface area contributed by atoms with Crippen molar-refractivity contribution in [2.75, 3.05) is 25.5 Å². The van der Waals surface area contributed by atoms with Crippen LogP contribution in [-0.2, 0) is 22.6 Å². The molecule has 3 aromatic carbocycles. The molecule has 1 aromatic heterocycles. The second kappa shape index (κ2) is 15.4. The summed E-state index contributed by atoms with van der Waals surface area (Å²) in [7, 11) is 1.72. The number of amides is 1. The van der Waals surface area contributed by atoms with E-state index in [1.807, 2.05) is 24.3 Å². The maximum Gasteiger partial charge on any atom is 0.320 e. The van der Waals surface area contributed by atoms with E-state index in [1.54, 1.807) is 36.6 Å². The predicted molar refractivity (Wildman–Crippen MR) is 177 cm³/mol. The maximum atomic E-state index is 12.5. The number of hydrogen-bond donors (Lipinski definition) is 4. The summed E-state index contributed by atoms with van der Waals surface area (Å²) in [5.41, 5.74) is 10.6. The molecule has 0 saturated carbocycles. The van der Waals surface area contributed by atoms with Crippen molar-refractivity contribution in [3.63, 3.8) is 0 Å². The number of carboxylic acids is 1. The summed E-state index contributed by atoms with van der Waals surface area (Å²) >= 11 is 1.60. The number of carboxylic acid groups (broad SMARTS) is 1. The number of benzene rings is 3. The van der Waals surface area contributed by atoms with Crippen LogP contribution in [-0.4, -0.2) is 53.2 Å². The summed E-state index contributed by atoms with van der Waals surface area (Å²) in [6.07, 6.45) is 3.23. The van der Waals surface area contributed by atoms with Crippen molar-refractivity contribution in [3.05, 3.63) is 77.4 Å². The molecule has 0 radical (unpaired) electrons. The third-order valence-corrected chi connectivity index (χ3v) is 8.75. The highest BCUT2D eigenvalue weighted by molar-refractivity contribution is 7.22. The van der Waals surface area contributed by atoms with Crippen molar-refractivity contribution < 1.29 is 24.5 Å². The van der Waals surface area contributed by atoms with Crippen molar-refractivity contribution in [2.24, 2.45) is 5.73 Å². The number of nitrogens with two attached hydrogens (primary N) is 1. The first-order valence-electron chi connectivity index (χ1n) is 13.8. The first-order valence-corrected chi connectivity index (χ1v) is 14.6. The second-order valence-electron chi connectivity index (χ2n) is 10.5. The number of ether oxygens (including phenoxy) is 1. The molecule has 8 nitrogen and oxygen atoms in total. The smallest absolute Gasteiger partial charge is 0.320 e. The van der Waals surface area contributed by atoms with Crippen LogP contribution < -0.4 is 15.8 Å². The van der Waals surface area contributed by atoms with Crippen LogP contribution in [0, 0.1) is 0 Å². The molecule has 0 aliphatic carbocycles. The molecule has 43 heavy (non-hydrogen) atoms. The number of nitrogens with zero attached hydrogens (tertiary/aromatic N) is 1.